The summed E-state index contributed by atoms with van der Waals surface area (Å²) < 4.78 is 0. The van der Waals surface area contributed by atoms with Gasteiger partial charge in [0, 0.05) is 18.6 Å². The van der Waals surface area contributed by atoms with E-state index in [1.54, 1.807) is 0 Å². The molecule has 2 atom stereocenters. The van der Waals surface area contributed by atoms with E-state index in [0.717, 1.165) is 11.6 Å². The summed E-state index contributed by atoms with van der Waals surface area (Å²) >= 11 is 6.34. The van der Waals surface area contributed by atoms with Gasteiger partial charge in [-0.25, -0.2) is 0 Å². The number of halogens is 1. The number of hydrogen-bond donors (Lipinski definition) is 1. The molecule has 0 bridgehead atoms. The molecule has 2 rings (SSSR count). The second kappa shape index (κ2) is 5.28. The molecule has 1 aliphatic rings. The van der Waals surface area contributed by atoms with Crippen LogP contribution in [0.5, 0.6) is 0 Å². The summed E-state index contributed by atoms with van der Waals surface area (Å²) in [5.74, 6) is 0. The monoisotopic (exact) mass is 252 g/mol. The summed E-state index contributed by atoms with van der Waals surface area (Å²) in [6.07, 6.45) is 2.37. The van der Waals surface area contributed by atoms with Crippen LogP contribution < -0.4 is 10.2 Å². The number of nitrogens with one attached hydrogen (secondary N) is 1. The quantitative estimate of drug-likeness (QED) is 0.870. The summed E-state index contributed by atoms with van der Waals surface area (Å²) in [6, 6.07) is 7.52. The third-order valence-corrected chi connectivity index (χ3v) is 4.00. The van der Waals surface area contributed by atoms with Crippen LogP contribution in [0.4, 0.5) is 5.69 Å². The molecule has 1 fully saturated rings. The summed E-state index contributed by atoms with van der Waals surface area (Å²) in [5, 5.41) is 4.25. The topological polar surface area (TPSA) is 15.3 Å². The van der Waals surface area contributed by atoms with Crippen molar-refractivity contribution in [3.8, 4) is 0 Å². The van der Waals surface area contributed by atoms with Crippen molar-refractivity contribution in [2.24, 2.45) is 0 Å². The van der Waals surface area contributed by atoms with Gasteiger partial charge in [-0.15, -0.1) is 0 Å². The van der Waals surface area contributed by atoms with Crippen molar-refractivity contribution >= 4 is 17.3 Å². The highest BCUT2D eigenvalue weighted by molar-refractivity contribution is 6.33. The fourth-order valence-corrected chi connectivity index (χ4v) is 2.98. The highest BCUT2D eigenvalue weighted by Gasteiger charge is 2.25. The van der Waals surface area contributed by atoms with Crippen LogP contribution in [0.15, 0.2) is 18.2 Å². The zero-order valence-corrected chi connectivity index (χ0v) is 11.6. The summed E-state index contributed by atoms with van der Waals surface area (Å²) in [7, 11) is 2.05. The van der Waals surface area contributed by atoms with Gasteiger partial charge in [0.1, 0.15) is 0 Å². The molecular weight excluding hydrogens is 232 g/mol. The van der Waals surface area contributed by atoms with Crippen molar-refractivity contribution in [3.63, 3.8) is 0 Å². The molecule has 0 radical (unpaired) electrons. The predicted molar refractivity (Wildman–Crippen MR) is 75.1 cm³/mol. The highest BCUT2D eigenvalue weighted by atomic mass is 35.5. The number of nitrogens with zero attached hydrogens (tertiary/aromatic N) is 1. The van der Waals surface area contributed by atoms with Crippen molar-refractivity contribution in [1.82, 2.24) is 5.32 Å². The van der Waals surface area contributed by atoms with Gasteiger partial charge in [0.2, 0.25) is 0 Å². The normalized spacial score (nSPS) is 25.1. The van der Waals surface area contributed by atoms with Crippen LogP contribution in [0.25, 0.3) is 0 Å². The van der Waals surface area contributed by atoms with E-state index >= 15 is 0 Å². The Morgan fingerprint density at radius 3 is 2.76 bits per heavy atom. The molecule has 1 heterocycles. The van der Waals surface area contributed by atoms with Crippen LogP contribution in [0.3, 0.4) is 0 Å². The van der Waals surface area contributed by atoms with E-state index in [-0.39, 0.29) is 0 Å². The molecule has 1 aliphatic heterocycles. The summed E-state index contributed by atoms with van der Waals surface area (Å²) in [4.78, 5) is 2.43. The SMILES string of the molecule is CNC1CCN(c2ccc(C)cc2Cl)C(C)C1. The van der Waals surface area contributed by atoms with Crippen LogP contribution in [0.1, 0.15) is 25.3 Å². The standard InChI is InChI=1S/C14H21ClN2/c1-10-4-5-14(13(15)8-10)17-7-6-12(16-3)9-11(17)2/h4-5,8,11-12,16H,6-7,9H2,1-3H3. The summed E-state index contributed by atoms with van der Waals surface area (Å²) in [6.45, 7) is 5.43. The van der Waals surface area contributed by atoms with E-state index < -0.39 is 0 Å². The minimum absolute atomic E-state index is 0.543. The van der Waals surface area contributed by atoms with Gasteiger partial charge < -0.3 is 10.2 Å². The molecule has 0 spiro atoms. The minimum Gasteiger partial charge on any atom is -0.368 e. The highest BCUT2D eigenvalue weighted by Crippen LogP contribution is 2.31. The van der Waals surface area contributed by atoms with E-state index in [1.165, 1.54) is 24.1 Å². The van der Waals surface area contributed by atoms with Crippen molar-refractivity contribution in [2.75, 3.05) is 18.5 Å². The zero-order chi connectivity index (χ0) is 12.4. The average Bonchev–Trinajstić information content (AvgIpc) is 2.30. The Kier molecular flexibility index (Phi) is 3.95. The Hall–Kier alpha value is -0.730. The molecular formula is C14H21ClN2. The number of aryl methyl sites for hydroxylation is 1. The lowest BCUT2D eigenvalue weighted by atomic mass is 9.97. The molecule has 2 unspecified atom stereocenters. The first-order valence-corrected chi connectivity index (χ1v) is 6.69. The Morgan fingerprint density at radius 2 is 2.18 bits per heavy atom. The van der Waals surface area contributed by atoms with Crippen LogP contribution in [0, 0.1) is 6.92 Å². The van der Waals surface area contributed by atoms with Gasteiger partial charge in [0.05, 0.1) is 10.7 Å². The molecule has 1 saturated heterocycles. The maximum atomic E-state index is 6.34. The first-order chi connectivity index (χ1) is 8.11. The lowest BCUT2D eigenvalue weighted by Gasteiger charge is -2.39. The van der Waals surface area contributed by atoms with E-state index in [1.807, 2.05) is 13.1 Å². The molecule has 3 heteroatoms. The van der Waals surface area contributed by atoms with Crippen LogP contribution >= 0.6 is 11.6 Å². The van der Waals surface area contributed by atoms with Crippen molar-refractivity contribution < 1.29 is 0 Å². The number of piperidine rings is 1. The Morgan fingerprint density at radius 1 is 1.41 bits per heavy atom. The van der Waals surface area contributed by atoms with Crippen LogP contribution in [-0.4, -0.2) is 25.7 Å². The number of benzene rings is 1. The Labute approximate surface area is 109 Å². The van der Waals surface area contributed by atoms with Crippen molar-refractivity contribution in [2.45, 2.75) is 38.8 Å². The molecule has 17 heavy (non-hydrogen) atoms. The summed E-state index contributed by atoms with van der Waals surface area (Å²) in [5.41, 5.74) is 2.40. The van der Waals surface area contributed by atoms with E-state index in [2.05, 4.69) is 36.2 Å². The molecule has 0 saturated carbocycles. The molecule has 0 aromatic heterocycles. The zero-order valence-electron chi connectivity index (χ0n) is 10.8. The van der Waals surface area contributed by atoms with Crippen molar-refractivity contribution in [1.29, 1.82) is 0 Å². The lowest BCUT2D eigenvalue weighted by Crippen LogP contribution is -2.46. The molecule has 1 aromatic carbocycles. The smallest absolute Gasteiger partial charge is 0.0642 e. The van der Waals surface area contributed by atoms with Gasteiger partial charge in [-0.3, -0.25) is 0 Å². The Balaban J connectivity index is 2.17. The Bertz CT molecular complexity index is 392. The van der Waals surface area contributed by atoms with Gasteiger partial charge in [-0.1, -0.05) is 17.7 Å². The van der Waals surface area contributed by atoms with Crippen molar-refractivity contribution in [3.05, 3.63) is 28.8 Å². The van der Waals surface area contributed by atoms with E-state index in [4.69, 9.17) is 11.6 Å². The third-order valence-electron chi connectivity index (χ3n) is 3.70. The second-order valence-electron chi connectivity index (χ2n) is 5.01. The van der Waals surface area contributed by atoms with Crippen LogP contribution in [0.2, 0.25) is 5.02 Å². The maximum absolute atomic E-state index is 6.34. The first-order valence-electron chi connectivity index (χ1n) is 6.32. The lowest BCUT2D eigenvalue weighted by molar-refractivity contribution is 0.387. The van der Waals surface area contributed by atoms with E-state index in [9.17, 15) is 0 Å². The van der Waals surface area contributed by atoms with Gasteiger partial charge >= 0.3 is 0 Å². The molecule has 0 amide bonds. The van der Waals surface area contributed by atoms with Crippen LogP contribution in [-0.2, 0) is 0 Å². The van der Waals surface area contributed by atoms with Gasteiger partial charge in [-0.05, 0) is 51.4 Å². The molecule has 94 valence electrons. The average molecular weight is 253 g/mol. The van der Waals surface area contributed by atoms with Gasteiger partial charge in [0.15, 0.2) is 0 Å². The molecule has 2 nitrogen and oxygen atoms in total. The molecule has 1 aromatic rings. The largest absolute Gasteiger partial charge is 0.368 e. The fraction of sp³-hybridized carbons (Fsp3) is 0.571. The van der Waals surface area contributed by atoms with Gasteiger partial charge in [0.25, 0.3) is 0 Å². The first kappa shape index (κ1) is 12.7. The number of anilines is 1. The predicted octanol–water partition coefficient (Wildman–Crippen LogP) is 3.23. The maximum Gasteiger partial charge on any atom is 0.0642 e. The van der Waals surface area contributed by atoms with Gasteiger partial charge in [-0.2, -0.15) is 0 Å². The molecule has 1 N–H and O–H groups in total. The van der Waals surface area contributed by atoms with E-state index in [0.29, 0.717) is 12.1 Å². The minimum atomic E-state index is 0.543. The fourth-order valence-electron chi connectivity index (χ4n) is 2.64. The number of hydrogen-bond acceptors (Lipinski definition) is 2. The number of rotatable bonds is 2. The third kappa shape index (κ3) is 2.75. The molecule has 0 aliphatic carbocycles. The second-order valence-corrected chi connectivity index (χ2v) is 5.41.